The van der Waals surface area contributed by atoms with Gasteiger partial charge in [0.2, 0.25) is 0 Å². The van der Waals surface area contributed by atoms with Crippen molar-refractivity contribution in [2.75, 3.05) is 0 Å². The third-order valence-electron chi connectivity index (χ3n) is 4.18. The summed E-state index contributed by atoms with van der Waals surface area (Å²) in [5.74, 6) is 3.73. The Morgan fingerprint density at radius 1 is 0.833 bits per heavy atom. The molecule has 4 bridgehead atoms. The Morgan fingerprint density at radius 3 is 2.08 bits per heavy atom. The molecule has 1 heteroatoms. The van der Waals surface area contributed by atoms with Crippen LogP contribution in [0.4, 0.5) is 0 Å². The van der Waals surface area contributed by atoms with Gasteiger partial charge < -0.3 is 0 Å². The van der Waals surface area contributed by atoms with Gasteiger partial charge in [-0.1, -0.05) is 0 Å². The molecule has 4 rings (SSSR count). The lowest BCUT2D eigenvalue weighted by atomic mass is 9.72. The first-order chi connectivity index (χ1) is 5.81. The van der Waals surface area contributed by atoms with Gasteiger partial charge in [-0.15, -0.1) is 0 Å². The molecular weight excluding hydrogens is 149 g/mol. The van der Waals surface area contributed by atoms with Crippen LogP contribution in [0.15, 0.2) is 0 Å². The van der Waals surface area contributed by atoms with Gasteiger partial charge in [0.15, 0.2) is 0 Å². The molecule has 0 saturated heterocycles. The van der Waals surface area contributed by atoms with E-state index in [4.69, 9.17) is 0 Å². The van der Waals surface area contributed by atoms with Crippen LogP contribution < -0.4 is 0 Å². The summed E-state index contributed by atoms with van der Waals surface area (Å²) in [5.41, 5.74) is 0. The summed E-state index contributed by atoms with van der Waals surface area (Å²) in [7, 11) is 0. The van der Waals surface area contributed by atoms with E-state index >= 15 is 0 Å². The Morgan fingerprint density at radius 2 is 1.42 bits per heavy atom. The molecule has 4 saturated carbocycles. The van der Waals surface area contributed by atoms with Gasteiger partial charge in [-0.25, -0.2) is 0 Å². The normalized spacial score (nSPS) is 51.2. The first-order valence-corrected chi connectivity index (χ1v) is 5.34. The molecule has 0 aliphatic heterocycles. The van der Waals surface area contributed by atoms with Gasteiger partial charge in [0, 0.05) is 12.3 Å². The highest BCUT2D eigenvalue weighted by atomic mass is 16.1. The highest BCUT2D eigenvalue weighted by Gasteiger charge is 2.42. The Hall–Kier alpha value is -0.330. The van der Waals surface area contributed by atoms with Crippen LogP contribution in [0.1, 0.15) is 38.5 Å². The molecule has 0 aromatic carbocycles. The predicted octanol–water partition coefficient (Wildman–Crippen LogP) is 2.40. The number of rotatable bonds is 0. The van der Waals surface area contributed by atoms with Crippen LogP contribution in [0.2, 0.25) is 0 Å². The van der Waals surface area contributed by atoms with Crippen molar-refractivity contribution in [3.8, 4) is 0 Å². The average Bonchev–Trinajstić information content (AvgIpc) is 2.16. The molecule has 0 heterocycles. The summed E-state index contributed by atoms with van der Waals surface area (Å²) in [4.78, 5) is 11.7. The maximum absolute atomic E-state index is 11.7. The number of fused-ring (bicyclic) bond motifs is 1. The molecule has 12 heavy (non-hydrogen) atoms. The van der Waals surface area contributed by atoms with E-state index in [9.17, 15) is 4.79 Å². The van der Waals surface area contributed by atoms with Crippen molar-refractivity contribution in [2.24, 2.45) is 23.7 Å². The summed E-state index contributed by atoms with van der Waals surface area (Å²) in [6.45, 7) is 0. The van der Waals surface area contributed by atoms with Gasteiger partial charge in [0.1, 0.15) is 5.78 Å². The number of carbonyl (C=O) groups excluding carboxylic acids is 1. The van der Waals surface area contributed by atoms with Crippen molar-refractivity contribution in [3.05, 3.63) is 0 Å². The zero-order chi connectivity index (χ0) is 8.13. The smallest absolute Gasteiger partial charge is 0.136 e. The van der Waals surface area contributed by atoms with Gasteiger partial charge in [-0.05, 0) is 49.9 Å². The third-order valence-corrected chi connectivity index (χ3v) is 4.18. The van der Waals surface area contributed by atoms with Crippen LogP contribution in [-0.2, 0) is 4.79 Å². The van der Waals surface area contributed by atoms with Crippen LogP contribution in [-0.4, -0.2) is 5.78 Å². The van der Waals surface area contributed by atoms with Crippen LogP contribution in [0.25, 0.3) is 0 Å². The summed E-state index contributed by atoms with van der Waals surface area (Å²) in [6, 6.07) is 0. The molecule has 0 spiro atoms. The fraction of sp³-hybridized carbons (Fsp3) is 0.909. The van der Waals surface area contributed by atoms with Gasteiger partial charge in [0.25, 0.3) is 0 Å². The Bertz CT molecular complexity index is 207. The number of hydrogen-bond donors (Lipinski definition) is 0. The van der Waals surface area contributed by atoms with Crippen molar-refractivity contribution < 1.29 is 4.79 Å². The maximum atomic E-state index is 11.7. The second-order valence-corrected chi connectivity index (χ2v) is 5.14. The van der Waals surface area contributed by atoms with Crippen molar-refractivity contribution in [3.63, 3.8) is 0 Å². The lowest BCUT2D eigenvalue weighted by molar-refractivity contribution is -0.123. The molecule has 4 aliphatic rings. The fourth-order valence-corrected chi connectivity index (χ4v) is 3.87. The molecule has 4 fully saturated rings. The molecular formula is C11H16O. The lowest BCUT2D eigenvalue weighted by Crippen LogP contribution is -2.27. The number of hydrogen-bond acceptors (Lipinski definition) is 1. The first kappa shape index (κ1) is 7.11. The van der Waals surface area contributed by atoms with Crippen LogP contribution in [0.5, 0.6) is 0 Å². The molecule has 66 valence electrons. The van der Waals surface area contributed by atoms with Gasteiger partial charge >= 0.3 is 0 Å². The van der Waals surface area contributed by atoms with Crippen molar-refractivity contribution in [1.29, 1.82) is 0 Å². The number of Topliss-reactive ketones (excluding diaryl/α,β-unsaturated/α-hetero) is 1. The molecule has 0 aromatic heterocycles. The van der Waals surface area contributed by atoms with Gasteiger partial charge in [-0.3, -0.25) is 4.79 Å². The molecule has 0 amide bonds. The number of carbonyl (C=O) groups is 1. The summed E-state index contributed by atoms with van der Waals surface area (Å²) < 4.78 is 0. The molecule has 0 radical (unpaired) electrons. The van der Waals surface area contributed by atoms with Crippen molar-refractivity contribution in [2.45, 2.75) is 38.5 Å². The second kappa shape index (κ2) is 2.34. The van der Waals surface area contributed by atoms with E-state index in [0.717, 1.165) is 24.2 Å². The van der Waals surface area contributed by atoms with Crippen LogP contribution >= 0.6 is 0 Å². The Balaban J connectivity index is 1.95. The van der Waals surface area contributed by atoms with Crippen LogP contribution in [0, 0.1) is 23.7 Å². The first-order valence-electron chi connectivity index (χ1n) is 5.34. The molecule has 1 nitrogen and oxygen atoms in total. The molecule has 4 aliphatic carbocycles. The molecule has 2 unspecified atom stereocenters. The minimum absolute atomic E-state index is 0.487. The van der Waals surface area contributed by atoms with Crippen LogP contribution in [0.3, 0.4) is 0 Å². The maximum Gasteiger partial charge on any atom is 0.136 e. The standard InChI is InChI=1S/C11H16O/c12-11-6-9-2-7-1-8(3-9)5-10(11)4-7/h7-10H,1-6H2/t7-,8+,9?,10?/i10+1. The third kappa shape index (κ3) is 0.949. The topological polar surface area (TPSA) is 17.1 Å². The molecule has 4 atom stereocenters. The zero-order valence-corrected chi connectivity index (χ0v) is 7.46. The van der Waals surface area contributed by atoms with E-state index in [1.54, 1.807) is 0 Å². The summed E-state index contributed by atoms with van der Waals surface area (Å²) >= 11 is 0. The highest BCUT2D eigenvalue weighted by Crippen LogP contribution is 2.49. The quantitative estimate of drug-likeness (QED) is 0.504. The minimum Gasteiger partial charge on any atom is -0.299 e. The van der Waals surface area contributed by atoms with E-state index < -0.39 is 0 Å². The summed E-state index contributed by atoms with van der Waals surface area (Å²) in [6.07, 6.45) is 7.60. The Kier molecular flexibility index (Phi) is 1.38. The van der Waals surface area contributed by atoms with Crippen molar-refractivity contribution in [1.82, 2.24) is 0 Å². The fourth-order valence-electron chi connectivity index (χ4n) is 3.87. The number of ketones is 1. The zero-order valence-electron chi connectivity index (χ0n) is 7.46. The van der Waals surface area contributed by atoms with E-state index in [0.29, 0.717) is 11.7 Å². The second-order valence-electron chi connectivity index (χ2n) is 5.14. The van der Waals surface area contributed by atoms with E-state index in [1.165, 1.54) is 32.1 Å². The van der Waals surface area contributed by atoms with E-state index in [1.807, 2.05) is 0 Å². The average molecular weight is 165 g/mol. The van der Waals surface area contributed by atoms with E-state index in [-0.39, 0.29) is 0 Å². The van der Waals surface area contributed by atoms with E-state index in [2.05, 4.69) is 0 Å². The van der Waals surface area contributed by atoms with Gasteiger partial charge in [0.05, 0.1) is 0 Å². The monoisotopic (exact) mass is 165 g/mol. The summed E-state index contributed by atoms with van der Waals surface area (Å²) in [5, 5.41) is 0. The molecule has 0 aromatic rings. The van der Waals surface area contributed by atoms with Gasteiger partial charge in [-0.2, -0.15) is 0 Å². The van der Waals surface area contributed by atoms with Crippen molar-refractivity contribution >= 4 is 5.78 Å². The Labute approximate surface area is 73.5 Å². The lowest BCUT2D eigenvalue weighted by Gasteiger charge is -2.37. The predicted molar refractivity (Wildman–Crippen MR) is 46.7 cm³/mol. The SMILES string of the molecule is O=C1CC2C[C@@H]3C[C@H](C2)C[13CH]1C3. The highest BCUT2D eigenvalue weighted by molar-refractivity contribution is 5.82. The minimum atomic E-state index is 0.487. The largest absolute Gasteiger partial charge is 0.299 e. The molecule has 0 N–H and O–H groups in total.